The number of hydrogen-bond acceptors (Lipinski definition) is 7. The molecule has 3 aromatic rings. The molecular weight excluding hydrogens is 382 g/mol. The van der Waals surface area contributed by atoms with E-state index in [1.807, 2.05) is 30.3 Å². The Kier molecular flexibility index (Phi) is 5.86. The molecule has 0 bridgehead atoms. The van der Waals surface area contributed by atoms with Crippen LogP contribution in [0.2, 0.25) is 0 Å². The quantitative estimate of drug-likeness (QED) is 0.606. The number of sulfonamides is 1. The van der Waals surface area contributed by atoms with E-state index in [0.717, 1.165) is 5.56 Å². The van der Waals surface area contributed by atoms with Crippen LogP contribution in [0, 0.1) is 6.92 Å². The summed E-state index contributed by atoms with van der Waals surface area (Å²) < 4.78 is 37.9. The van der Waals surface area contributed by atoms with Gasteiger partial charge in [0.1, 0.15) is 0 Å². The normalized spacial score (nSPS) is 12.5. The lowest BCUT2D eigenvalue weighted by Gasteiger charge is -2.15. The van der Waals surface area contributed by atoms with Crippen molar-refractivity contribution in [3.63, 3.8) is 0 Å². The molecule has 0 aliphatic carbocycles. The van der Waals surface area contributed by atoms with Crippen molar-refractivity contribution in [2.75, 3.05) is 0 Å². The molecule has 1 N–H and O–H groups in total. The molecule has 0 fully saturated rings. The Morgan fingerprint density at radius 2 is 1.93 bits per heavy atom. The molecule has 3 rings (SSSR count). The highest BCUT2D eigenvalue weighted by atomic mass is 32.2. The number of rotatable bonds is 7. The monoisotopic (exact) mass is 401 g/mol. The molecule has 2 aromatic carbocycles. The van der Waals surface area contributed by atoms with Crippen molar-refractivity contribution < 1.29 is 22.5 Å². The number of carbonyl (C=O) groups excluding carboxylic acids is 1. The van der Waals surface area contributed by atoms with Crippen LogP contribution in [-0.4, -0.2) is 24.5 Å². The van der Waals surface area contributed by atoms with Gasteiger partial charge in [0.15, 0.2) is 12.4 Å². The minimum atomic E-state index is -3.83. The van der Waals surface area contributed by atoms with Gasteiger partial charge < -0.3 is 9.26 Å². The molecule has 8 nitrogen and oxygen atoms in total. The van der Waals surface area contributed by atoms with Crippen LogP contribution in [0.5, 0.6) is 0 Å². The van der Waals surface area contributed by atoms with Gasteiger partial charge in [0, 0.05) is 6.04 Å². The fourth-order valence-corrected chi connectivity index (χ4v) is 3.79. The lowest BCUT2D eigenvalue weighted by atomic mass is 10.1. The highest BCUT2D eigenvalue weighted by Crippen LogP contribution is 2.18. The maximum atomic E-state index is 12.7. The van der Waals surface area contributed by atoms with Crippen LogP contribution < -0.4 is 4.72 Å². The van der Waals surface area contributed by atoms with Gasteiger partial charge in [-0.1, -0.05) is 41.6 Å². The van der Waals surface area contributed by atoms with E-state index in [-0.39, 0.29) is 23.0 Å². The maximum absolute atomic E-state index is 12.7. The number of ether oxygens (including phenoxy) is 1. The number of nitrogens with zero attached hydrogens (tertiary/aromatic N) is 2. The second-order valence-electron chi connectivity index (χ2n) is 6.09. The molecule has 1 heterocycles. The summed E-state index contributed by atoms with van der Waals surface area (Å²) in [7, 11) is -3.83. The highest BCUT2D eigenvalue weighted by molar-refractivity contribution is 7.89. The predicted octanol–water partition coefficient (Wildman–Crippen LogP) is 2.77. The van der Waals surface area contributed by atoms with Crippen molar-refractivity contribution in [3.8, 4) is 0 Å². The third-order valence-corrected chi connectivity index (χ3v) is 5.45. The molecule has 0 radical (unpaired) electrons. The van der Waals surface area contributed by atoms with E-state index in [1.165, 1.54) is 24.3 Å². The second-order valence-corrected chi connectivity index (χ2v) is 7.81. The van der Waals surface area contributed by atoms with Crippen LogP contribution in [-0.2, 0) is 21.4 Å². The zero-order valence-corrected chi connectivity index (χ0v) is 16.1. The molecule has 9 heteroatoms. The Labute approximate surface area is 162 Å². The third-order valence-electron chi connectivity index (χ3n) is 3.91. The van der Waals surface area contributed by atoms with Crippen molar-refractivity contribution in [1.82, 2.24) is 14.9 Å². The van der Waals surface area contributed by atoms with Crippen molar-refractivity contribution in [3.05, 3.63) is 77.4 Å². The van der Waals surface area contributed by atoms with Crippen LogP contribution in [0.3, 0.4) is 0 Å². The number of carbonyl (C=O) groups is 1. The molecule has 0 saturated carbocycles. The lowest BCUT2D eigenvalue weighted by Crippen LogP contribution is -2.27. The van der Waals surface area contributed by atoms with E-state index in [9.17, 15) is 13.2 Å². The van der Waals surface area contributed by atoms with E-state index in [2.05, 4.69) is 14.9 Å². The third kappa shape index (κ3) is 4.81. The Balaban J connectivity index is 1.71. The van der Waals surface area contributed by atoms with Gasteiger partial charge in [0.2, 0.25) is 10.0 Å². The minimum absolute atomic E-state index is 0.0293. The van der Waals surface area contributed by atoms with Gasteiger partial charge in [-0.25, -0.2) is 17.9 Å². The average Bonchev–Trinajstić information content (AvgIpc) is 3.12. The minimum Gasteiger partial charge on any atom is -0.452 e. The molecule has 1 aromatic heterocycles. The van der Waals surface area contributed by atoms with Crippen LogP contribution >= 0.6 is 0 Å². The summed E-state index contributed by atoms with van der Waals surface area (Å²) in [4.78, 5) is 16.1. The smallest absolute Gasteiger partial charge is 0.338 e. The van der Waals surface area contributed by atoms with Crippen LogP contribution in [0.1, 0.15) is 40.6 Å². The highest BCUT2D eigenvalue weighted by Gasteiger charge is 2.20. The molecule has 0 aliphatic heterocycles. The summed E-state index contributed by atoms with van der Waals surface area (Å²) in [6.07, 6.45) is 0. The topological polar surface area (TPSA) is 111 Å². The first-order chi connectivity index (χ1) is 13.3. The summed E-state index contributed by atoms with van der Waals surface area (Å²) in [5.41, 5.74) is 0.933. The lowest BCUT2D eigenvalue weighted by molar-refractivity contribution is 0.0429. The molecule has 0 unspecified atom stereocenters. The van der Waals surface area contributed by atoms with Gasteiger partial charge in [-0.3, -0.25) is 0 Å². The fourth-order valence-electron chi connectivity index (χ4n) is 2.51. The van der Waals surface area contributed by atoms with Crippen LogP contribution in [0.15, 0.2) is 64.0 Å². The number of benzene rings is 2. The molecule has 0 amide bonds. The van der Waals surface area contributed by atoms with E-state index >= 15 is 0 Å². The Hall–Kier alpha value is -3.04. The van der Waals surface area contributed by atoms with Gasteiger partial charge in [0.05, 0.1) is 10.5 Å². The molecular formula is C19H19N3O5S. The van der Waals surface area contributed by atoms with Crippen molar-refractivity contribution >= 4 is 16.0 Å². The van der Waals surface area contributed by atoms with E-state index in [1.54, 1.807) is 13.8 Å². The number of hydrogen-bond donors (Lipinski definition) is 1. The van der Waals surface area contributed by atoms with E-state index < -0.39 is 22.0 Å². The first kappa shape index (κ1) is 19.7. The molecule has 146 valence electrons. The first-order valence-electron chi connectivity index (χ1n) is 8.49. The Bertz CT molecular complexity index is 1060. The molecule has 0 spiro atoms. The summed E-state index contributed by atoms with van der Waals surface area (Å²) in [6.45, 7) is 3.20. The van der Waals surface area contributed by atoms with Crippen molar-refractivity contribution in [1.29, 1.82) is 0 Å². The number of nitrogens with one attached hydrogen (secondary N) is 1. The molecule has 1 atom stereocenters. The Morgan fingerprint density at radius 3 is 2.61 bits per heavy atom. The summed E-state index contributed by atoms with van der Waals surface area (Å²) >= 11 is 0. The predicted molar refractivity (Wildman–Crippen MR) is 99.8 cm³/mol. The zero-order chi connectivity index (χ0) is 20.1. The summed E-state index contributed by atoms with van der Waals surface area (Å²) in [6, 6.07) is 14.4. The number of esters is 1. The maximum Gasteiger partial charge on any atom is 0.338 e. The van der Waals surface area contributed by atoms with Crippen LogP contribution in [0.25, 0.3) is 0 Å². The van der Waals surface area contributed by atoms with Crippen molar-refractivity contribution in [2.24, 2.45) is 0 Å². The average molecular weight is 401 g/mol. The largest absolute Gasteiger partial charge is 0.452 e. The number of aryl methyl sites for hydroxylation is 1. The Morgan fingerprint density at radius 1 is 1.18 bits per heavy atom. The van der Waals surface area contributed by atoms with Crippen molar-refractivity contribution in [2.45, 2.75) is 31.4 Å². The van der Waals surface area contributed by atoms with Gasteiger partial charge in [-0.15, -0.1) is 0 Å². The van der Waals surface area contributed by atoms with Crippen LogP contribution in [0.4, 0.5) is 0 Å². The number of aromatic nitrogens is 2. The molecule has 0 aliphatic rings. The standard InChI is InChI=1S/C19H19N3O5S/c1-13(15-7-4-3-5-8-15)22-28(24,25)17-10-6-9-16(11-17)19(23)26-12-18-20-14(2)21-27-18/h3-11,13,22H,12H2,1-2H3/t13-/m0/s1. The van der Waals surface area contributed by atoms with Gasteiger partial charge in [0.25, 0.3) is 5.89 Å². The van der Waals surface area contributed by atoms with E-state index in [0.29, 0.717) is 5.82 Å². The van der Waals surface area contributed by atoms with Gasteiger partial charge >= 0.3 is 5.97 Å². The molecule has 28 heavy (non-hydrogen) atoms. The first-order valence-corrected chi connectivity index (χ1v) is 9.97. The van der Waals surface area contributed by atoms with Gasteiger partial charge in [-0.05, 0) is 37.6 Å². The van der Waals surface area contributed by atoms with Gasteiger partial charge in [-0.2, -0.15) is 4.98 Å². The SMILES string of the molecule is Cc1noc(COC(=O)c2cccc(S(=O)(=O)N[C@@H](C)c3ccccc3)c2)n1. The van der Waals surface area contributed by atoms with E-state index in [4.69, 9.17) is 9.26 Å². The molecule has 0 saturated heterocycles. The fraction of sp³-hybridized carbons (Fsp3) is 0.211. The zero-order valence-electron chi connectivity index (χ0n) is 15.3. The summed E-state index contributed by atoms with van der Waals surface area (Å²) in [5.74, 6) is -0.102. The summed E-state index contributed by atoms with van der Waals surface area (Å²) in [5, 5.41) is 3.60. The second kappa shape index (κ2) is 8.32.